The highest BCUT2D eigenvalue weighted by atomic mass is 35.5. The number of anilines is 1. The third-order valence-electron chi connectivity index (χ3n) is 4.77. The Balaban J connectivity index is 1.81. The Bertz CT molecular complexity index is 605. The monoisotopic (exact) mass is 308 g/mol. The summed E-state index contributed by atoms with van der Waals surface area (Å²) in [5.41, 5.74) is 6.22. The van der Waals surface area contributed by atoms with E-state index < -0.39 is 11.9 Å². The second-order valence-corrected chi connectivity index (χ2v) is 6.33. The molecule has 1 amide bonds. The van der Waals surface area contributed by atoms with Crippen LogP contribution in [0.2, 0.25) is 5.02 Å². The van der Waals surface area contributed by atoms with E-state index in [-0.39, 0.29) is 28.5 Å². The van der Waals surface area contributed by atoms with Gasteiger partial charge in [0.1, 0.15) is 0 Å². The summed E-state index contributed by atoms with van der Waals surface area (Å²) >= 11 is 6.03. The third kappa shape index (κ3) is 2.46. The van der Waals surface area contributed by atoms with Gasteiger partial charge in [-0.15, -0.1) is 0 Å². The second-order valence-electron chi connectivity index (χ2n) is 5.93. The molecular weight excluding hydrogens is 292 g/mol. The fraction of sp³-hybridized carbons (Fsp3) is 0.467. The normalized spacial score (nSPS) is 30.3. The molecule has 4 N–H and O–H groups in total. The molecule has 0 aliphatic heterocycles. The van der Waals surface area contributed by atoms with Crippen LogP contribution in [0.5, 0.6) is 0 Å². The molecule has 2 saturated carbocycles. The van der Waals surface area contributed by atoms with E-state index in [1.165, 1.54) is 0 Å². The number of amides is 1. The van der Waals surface area contributed by atoms with Gasteiger partial charge < -0.3 is 16.2 Å². The quantitative estimate of drug-likeness (QED) is 0.796. The van der Waals surface area contributed by atoms with Crippen molar-refractivity contribution in [2.24, 2.45) is 23.5 Å². The van der Waals surface area contributed by atoms with Gasteiger partial charge in [-0.05, 0) is 49.3 Å². The zero-order valence-corrected chi connectivity index (χ0v) is 12.1. The number of nitrogens with two attached hydrogens (primary N) is 1. The molecule has 6 heteroatoms. The molecule has 0 radical (unpaired) electrons. The first-order valence-corrected chi connectivity index (χ1v) is 7.44. The SMILES string of the molecule is NC(=O)c1ccc(NC2C3CCC(C3)C2C(=O)O)cc1Cl. The summed E-state index contributed by atoms with van der Waals surface area (Å²) in [6, 6.07) is 4.84. The maximum atomic E-state index is 11.5. The van der Waals surface area contributed by atoms with Crippen molar-refractivity contribution in [2.45, 2.75) is 25.3 Å². The number of carbonyl (C=O) groups excluding carboxylic acids is 1. The summed E-state index contributed by atoms with van der Waals surface area (Å²) < 4.78 is 0. The van der Waals surface area contributed by atoms with Gasteiger partial charge in [0.25, 0.3) is 0 Å². The molecule has 3 rings (SSSR count). The topological polar surface area (TPSA) is 92.4 Å². The molecule has 5 nitrogen and oxygen atoms in total. The molecule has 1 aromatic rings. The van der Waals surface area contributed by atoms with Crippen LogP contribution in [0, 0.1) is 17.8 Å². The number of nitrogens with one attached hydrogen (secondary N) is 1. The molecule has 2 fully saturated rings. The van der Waals surface area contributed by atoms with E-state index in [1.54, 1.807) is 18.2 Å². The van der Waals surface area contributed by atoms with Crippen LogP contribution in [0.25, 0.3) is 0 Å². The average Bonchev–Trinajstić information content (AvgIpc) is 2.98. The van der Waals surface area contributed by atoms with Gasteiger partial charge in [0.05, 0.1) is 16.5 Å². The van der Waals surface area contributed by atoms with E-state index in [4.69, 9.17) is 17.3 Å². The van der Waals surface area contributed by atoms with Crippen LogP contribution in [0.3, 0.4) is 0 Å². The Kier molecular flexibility index (Phi) is 3.53. The van der Waals surface area contributed by atoms with E-state index >= 15 is 0 Å². The lowest BCUT2D eigenvalue weighted by atomic mass is 9.84. The first-order valence-electron chi connectivity index (χ1n) is 7.06. The van der Waals surface area contributed by atoms with Gasteiger partial charge in [0.15, 0.2) is 0 Å². The van der Waals surface area contributed by atoms with Crippen LogP contribution in [-0.2, 0) is 4.79 Å². The summed E-state index contributed by atoms with van der Waals surface area (Å²) in [6.45, 7) is 0. The van der Waals surface area contributed by atoms with E-state index in [9.17, 15) is 14.7 Å². The predicted molar refractivity (Wildman–Crippen MR) is 79.3 cm³/mol. The number of carboxylic acid groups (broad SMARTS) is 1. The zero-order valence-electron chi connectivity index (χ0n) is 11.4. The number of benzene rings is 1. The molecule has 4 unspecified atom stereocenters. The maximum Gasteiger partial charge on any atom is 0.308 e. The lowest BCUT2D eigenvalue weighted by Gasteiger charge is -2.29. The van der Waals surface area contributed by atoms with Gasteiger partial charge in [0.2, 0.25) is 5.91 Å². The average molecular weight is 309 g/mol. The van der Waals surface area contributed by atoms with Crippen molar-refractivity contribution in [3.63, 3.8) is 0 Å². The minimum Gasteiger partial charge on any atom is -0.481 e. The highest BCUT2D eigenvalue weighted by Crippen LogP contribution is 2.49. The number of primary amides is 1. The van der Waals surface area contributed by atoms with Crippen LogP contribution < -0.4 is 11.1 Å². The first-order chi connectivity index (χ1) is 9.97. The number of fused-ring (bicyclic) bond motifs is 2. The molecule has 0 heterocycles. The van der Waals surface area contributed by atoms with Gasteiger partial charge >= 0.3 is 5.97 Å². The predicted octanol–water partition coefficient (Wildman–Crippen LogP) is 2.35. The zero-order chi connectivity index (χ0) is 15.1. The molecule has 0 aromatic heterocycles. The van der Waals surface area contributed by atoms with Crippen molar-refractivity contribution >= 4 is 29.2 Å². The minimum absolute atomic E-state index is 0.0725. The van der Waals surface area contributed by atoms with E-state index in [0.29, 0.717) is 5.92 Å². The lowest BCUT2D eigenvalue weighted by molar-refractivity contribution is -0.143. The summed E-state index contributed by atoms with van der Waals surface area (Å²) in [5.74, 6) is -0.996. The van der Waals surface area contributed by atoms with Crippen molar-refractivity contribution in [3.05, 3.63) is 28.8 Å². The summed E-state index contributed by atoms with van der Waals surface area (Å²) in [6.07, 6.45) is 3.04. The molecule has 2 aliphatic carbocycles. The van der Waals surface area contributed by atoms with Crippen LogP contribution in [-0.4, -0.2) is 23.0 Å². The Morgan fingerprint density at radius 1 is 1.29 bits per heavy atom. The molecule has 4 atom stereocenters. The highest BCUT2D eigenvalue weighted by Gasteiger charge is 2.51. The van der Waals surface area contributed by atoms with Gasteiger partial charge in [0, 0.05) is 11.7 Å². The highest BCUT2D eigenvalue weighted by molar-refractivity contribution is 6.34. The number of carboxylic acids is 1. The lowest BCUT2D eigenvalue weighted by Crippen LogP contribution is -2.39. The van der Waals surface area contributed by atoms with E-state index in [0.717, 1.165) is 24.9 Å². The third-order valence-corrected chi connectivity index (χ3v) is 5.08. The van der Waals surface area contributed by atoms with Crippen molar-refractivity contribution in [2.75, 3.05) is 5.32 Å². The van der Waals surface area contributed by atoms with Crippen molar-refractivity contribution in [1.82, 2.24) is 0 Å². The molecule has 21 heavy (non-hydrogen) atoms. The van der Waals surface area contributed by atoms with E-state index in [2.05, 4.69) is 5.32 Å². The number of hydrogen-bond donors (Lipinski definition) is 3. The number of hydrogen-bond acceptors (Lipinski definition) is 3. The fourth-order valence-electron chi connectivity index (χ4n) is 3.85. The summed E-state index contributed by atoms with van der Waals surface area (Å²) in [4.78, 5) is 22.6. The minimum atomic E-state index is -0.737. The van der Waals surface area contributed by atoms with Gasteiger partial charge in [-0.2, -0.15) is 0 Å². The molecule has 112 valence electrons. The van der Waals surface area contributed by atoms with Crippen LogP contribution in [0.15, 0.2) is 18.2 Å². The Hall–Kier alpha value is -1.75. The van der Waals surface area contributed by atoms with Crippen LogP contribution >= 0.6 is 11.6 Å². The second kappa shape index (κ2) is 5.22. The number of halogens is 1. The van der Waals surface area contributed by atoms with E-state index in [1.807, 2.05) is 0 Å². The van der Waals surface area contributed by atoms with Gasteiger partial charge in [-0.1, -0.05) is 11.6 Å². The smallest absolute Gasteiger partial charge is 0.308 e. The first kappa shape index (κ1) is 14.2. The number of carbonyl (C=O) groups is 2. The summed E-state index contributed by atoms with van der Waals surface area (Å²) in [5, 5.41) is 13.0. The largest absolute Gasteiger partial charge is 0.481 e. The molecular formula is C15H17ClN2O3. The molecule has 2 bridgehead atoms. The summed E-state index contributed by atoms with van der Waals surface area (Å²) in [7, 11) is 0. The van der Waals surface area contributed by atoms with Gasteiger partial charge in [-0.3, -0.25) is 9.59 Å². The van der Waals surface area contributed by atoms with Gasteiger partial charge in [-0.25, -0.2) is 0 Å². The molecule has 0 saturated heterocycles. The van der Waals surface area contributed by atoms with Crippen LogP contribution in [0.1, 0.15) is 29.6 Å². The Labute approximate surface area is 127 Å². The number of rotatable bonds is 4. The molecule has 0 spiro atoms. The molecule has 1 aromatic carbocycles. The fourth-order valence-corrected chi connectivity index (χ4v) is 4.13. The standard InChI is InChI=1S/C15H17ClN2O3/c16-11-6-9(3-4-10(11)14(17)19)18-13-8-2-1-7(5-8)12(13)15(20)21/h3-4,6-8,12-13,18H,1-2,5H2,(H2,17,19)(H,20,21). The Morgan fingerprint density at radius 2 is 2.00 bits per heavy atom. The molecule has 2 aliphatic rings. The number of aliphatic carboxylic acids is 1. The Morgan fingerprint density at radius 3 is 2.62 bits per heavy atom. The van der Waals surface area contributed by atoms with Crippen molar-refractivity contribution in [3.8, 4) is 0 Å². The van der Waals surface area contributed by atoms with Crippen molar-refractivity contribution in [1.29, 1.82) is 0 Å². The van der Waals surface area contributed by atoms with Crippen LogP contribution in [0.4, 0.5) is 5.69 Å². The maximum absolute atomic E-state index is 11.5. The van der Waals surface area contributed by atoms with Crippen molar-refractivity contribution < 1.29 is 14.7 Å².